The molecular weight excluding hydrogens is 242 g/mol. The molecule has 1 aromatic carbocycles. The summed E-state index contributed by atoms with van der Waals surface area (Å²) in [6.45, 7) is 3.97. The van der Waals surface area contributed by atoms with E-state index in [1.807, 2.05) is 25.1 Å². The average Bonchev–Trinajstić information content (AvgIpc) is 2.41. The van der Waals surface area contributed by atoms with Crippen molar-refractivity contribution in [3.63, 3.8) is 0 Å². The Balaban J connectivity index is 2.26. The van der Waals surface area contributed by atoms with Crippen molar-refractivity contribution in [1.29, 1.82) is 0 Å². The largest absolute Gasteiger partial charge is 0.490 e. The van der Waals surface area contributed by atoms with Crippen molar-refractivity contribution in [3.8, 4) is 17.4 Å². The number of ketones is 1. The summed E-state index contributed by atoms with van der Waals surface area (Å²) in [7, 11) is 0. The van der Waals surface area contributed by atoms with Crippen LogP contribution in [0.25, 0.3) is 0 Å². The lowest BCUT2D eigenvalue weighted by atomic mass is 10.2. The summed E-state index contributed by atoms with van der Waals surface area (Å²) in [6, 6.07) is 10.6. The van der Waals surface area contributed by atoms with Gasteiger partial charge in [-0.3, -0.25) is 4.79 Å². The molecule has 1 heterocycles. The maximum absolute atomic E-state index is 11.3. The Bertz CT molecular complexity index is 581. The topological polar surface area (TPSA) is 48.4 Å². The van der Waals surface area contributed by atoms with Gasteiger partial charge < -0.3 is 9.47 Å². The molecule has 19 heavy (non-hydrogen) atoms. The summed E-state index contributed by atoms with van der Waals surface area (Å²) < 4.78 is 11.1. The molecule has 0 saturated carbocycles. The van der Waals surface area contributed by atoms with Gasteiger partial charge in [0.2, 0.25) is 5.88 Å². The van der Waals surface area contributed by atoms with Crippen LogP contribution in [0.5, 0.6) is 17.4 Å². The SMILES string of the molecule is CCOc1ccccc1Oc1cc(C(C)=O)ccn1. The van der Waals surface area contributed by atoms with Crippen LogP contribution in [-0.4, -0.2) is 17.4 Å². The summed E-state index contributed by atoms with van der Waals surface area (Å²) in [5.74, 6) is 1.59. The van der Waals surface area contributed by atoms with Crippen molar-refractivity contribution in [3.05, 3.63) is 48.2 Å². The summed E-state index contributed by atoms with van der Waals surface area (Å²) in [5, 5.41) is 0. The van der Waals surface area contributed by atoms with Gasteiger partial charge in [-0.15, -0.1) is 0 Å². The van der Waals surface area contributed by atoms with Crippen molar-refractivity contribution < 1.29 is 14.3 Å². The highest BCUT2D eigenvalue weighted by Crippen LogP contribution is 2.30. The van der Waals surface area contributed by atoms with Gasteiger partial charge in [-0.2, -0.15) is 0 Å². The smallest absolute Gasteiger partial charge is 0.220 e. The van der Waals surface area contributed by atoms with Crippen LogP contribution in [0.3, 0.4) is 0 Å². The van der Waals surface area contributed by atoms with E-state index in [9.17, 15) is 4.79 Å². The van der Waals surface area contributed by atoms with Crippen LogP contribution >= 0.6 is 0 Å². The summed E-state index contributed by atoms with van der Waals surface area (Å²) in [4.78, 5) is 15.4. The Morgan fingerprint density at radius 2 is 1.95 bits per heavy atom. The first kappa shape index (κ1) is 13.1. The molecule has 2 rings (SSSR count). The minimum atomic E-state index is -0.0228. The number of rotatable bonds is 5. The minimum Gasteiger partial charge on any atom is -0.490 e. The van der Waals surface area contributed by atoms with Crippen molar-refractivity contribution in [2.45, 2.75) is 13.8 Å². The first-order valence-corrected chi connectivity index (χ1v) is 6.07. The molecule has 0 aliphatic carbocycles. The molecule has 0 fully saturated rings. The highest BCUT2D eigenvalue weighted by Gasteiger charge is 2.07. The molecule has 0 aliphatic rings. The molecule has 0 saturated heterocycles. The molecule has 4 heteroatoms. The van der Waals surface area contributed by atoms with Gasteiger partial charge in [0.15, 0.2) is 17.3 Å². The van der Waals surface area contributed by atoms with E-state index < -0.39 is 0 Å². The van der Waals surface area contributed by atoms with Gasteiger partial charge in [0.1, 0.15) is 0 Å². The zero-order valence-corrected chi connectivity index (χ0v) is 10.9. The molecule has 98 valence electrons. The van der Waals surface area contributed by atoms with E-state index in [-0.39, 0.29) is 5.78 Å². The first-order chi connectivity index (χ1) is 9.20. The number of benzene rings is 1. The second-order valence-electron chi connectivity index (χ2n) is 3.92. The molecule has 0 amide bonds. The molecule has 0 N–H and O–H groups in total. The molecule has 0 bridgehead atoms. The van der Waals surface area contributed by atoms with Crippen LogP contribution in [0, 0.1) is 0 Å². The summed E-state index contributed by atoms with van der Waals surface area (Å²) in [5.41, 5.74) is 0.568. The fourth-order valence-corrected chi connectivity index (χ4v) is 1.61. The van der Waals surface area contributed by atoms with Gasteiger partial charge in [0.05, 0.1) is 6.61 Å². The van der Waals surface area contributed by atoms with E-state index in [0.717, 1.165) is 0 Å². The highest BCUT2D eigenvalue weighted by molar-refractivity contribution is 5.94. The summed E-state index contributed by atoms with van der Waals surface area (Å²) in [6.07, 6.45) is 1.55. The molecule has 0 radical (unpaired) electrons. The Hall–Kier alpha value is -2.36. The summed E-state index contributed by atoms with van der Waals surface area (Å²) >= 11 is 0. The van der Waals surface area contributed by atoms with Crippen molar-refractivity contribution in [1.82, 2.24) is 4.98 Å². The predicted octanol–water partition coefficient (Wildman–Crippen LogP) is 3.48. The standard InChI is InChI=1S/C15H15NO3/c1-3-18-13-6-4-5-7-14(13)19-15-10-12(11(2)17)8-9-16-15/h4-10H,3H2,1-2H3. The van der Waals surface area contributed by atoms with E-state index in [4.69, 9.17) is 9.47 Å². The Kier molecular flexibility index (Phi) is 4.13. The van der Waals surface area contributed by atoms with Crippen LogP contribution in [-0.2, 0) is 0 Å². The Morgan fingerprint density at radius 1 is 1.21 bits per heavy atom. The number of carbonyl (C=O) groups excluding carboxylic acids is 1. The second-order valence-corrected chi connectivity index (χ2v) is 3.92. The molecule has 1 aromatic heterocycles. The maximum Gasteiger partial charge on any atom is 0.220 e. The van der Waals surface area contributed by atoms with E-state index in [1.165, 1.54) is 6.92 Å². The van der Waals surface area contributed by atoms with Gasteiger partial charge in [-0.25, -0.2) is 4.98 Å². The third kappa shape index (κ3) is 3.31. The fraction of sp³-hybridized carbons (Fsp3) is 0.200. The van der Waals surface area contributed by atoms with E-state index >= 15 is 0 Å². The zero-order valence-electron chi connectivity index (χ0n) is 10.9. The second kappa shape index (κ2) is 6.00. The minimum absolute atomic E-state index is 0.0228. The number of aromatic nitrogens is 1. The number of ether oxygens (including phenoxy) is 2. The van der Waals surface area contributed by atoms with Gasteiger partial charge in [-0.05, 0) is 32.0 Å². The third-order valence-electron chi connectivity index (χ3n) is 2.50. The number of para-hydroxylation sites is 2. The molecule has 0 atom stereocenters. The van der Waals surface area contributed by atoms with E-state index in [1.54, 1.807) is 24.4 Å². The molecule has 0 aliphatic heterocycles. The zero-order chi connectivity index (χ0) is 13.7. The number of hydrogen-bond donors (Lipinski definition) is 0. The predicted molar refractivity (Wildman–Crippen MR) is 71.9 cm³/mol. The van der Waals surface area contributed by atoms with Crippen LogP contribution < -0.4 is 9.47 Å². The number of carbonyl (C=O) groups is 1. The van der Waals surface area contributed by atoms with Crippen LogP contribution in [0.15, 0.2) is 42.6 Å². The van der Waals surface area contributed by atoms with Gasteiger partial charge in [0.25, 0.3) is 0 Å². The number of pyridine rings is 1. The average molecular weight is 257 g/mol. The van der Waals surface area contributed by atoms with Crippen molar-refractivity contribution in [2.75, 3.05) is 6.61 Å². The number of nitrogens with zero attached hydrogens (tertiary/aromatic N) is 1. The van der Waals surface area contributed by atoms with Crippen LogP contribution in [0.4, 0.5) is 0 Å². The fourth-order valence-electron chi connectivity index (χ4n) is 1.61. The van der Waals surface area contributed by atoms with Crippen molar-refractivity contribution >= 4 is 5.78 Å². The highest BCUT2D eigenvalue weighted by atomic mass is 16.5. The Labute approximate surface area is 112 Å². The molecule has 0 unspecified atom stereocenters. The van der Waals surface area contributed by atoms with Crippen LogP contribution in [0.1, 0.15) is 24.2 Å². The first-order valence-electron chi connectivity index (χ1n) is 6.07. The normalized spacial score (nSPS) is 10.0. The van der Waals surface area contributed by atoms with Gasteiger partial charge in [0, 0.05) is 17.8 Å². The molecular formula is C15H15NO3. The van der Waals surface area contributed by atoms with Gasteiger partial charge in [-0.1, -0.05) is 12.1 Å². The lowest BCUT2D eigenvalue weighted by molar-refractivity contribution is 0.101. The quantitative estimate of drug-likeness (QED) is 0.769. The molecule has 2 aromatic rings. The number of hydrogen-bond acceptors (Lipinski definition) is 4. The third-order valence-corrected chi connectivity index (χ3v) is 2.50. The lowest BCUT2D eigenvalue weighted by Gasteiger charge is -2.10. The van der Waals surface area contributed by atoms with E-state index in [2.05, 4.69) is 4.98 Å². The monoisotopic (exact) mass is 257 g/mol. The lowest BCUT2D eigenvalue weighted by Crippen LogP contribution is -1.97. The molecule has 0 spiro atoms. The van der Waals surface area contributed by atoms with Gasteiger partial charge >= 0.3 is 0 Å². The molecule has 4 nitrogen and oxygen atoms in total. The van der Waals surface area contributed by atoms with Crippen LogP contribution in [0.2, 0.25) is 0 Å². The number of Topliss-reactive ketones (excluding diaryl/α,β-unsaturated/α-hetero) is 1. The maximum atomic E-state index is 11.3. The Morgan fingerprint density at radius 3 is 2.63 bits per heavy atom. The van der Waals surface area contributed by atoms with E-state index in [0.29, 0.717) is 29.5 Å². The van der Waals surface area contributed by atoms with Crippen molar-refractivity contribution in [2.24, 2.45) is 0 Å².